The van der Waals surface area contributed by atoms with Crippen LogP contribution in [0.25, 0.3) is 0 Å². The lowest BCUT2D eigenvalue weighted by molar-refractivity contribution is -0.119. The number of hydrogen-bond donors (Lipinski definition) is 2. The van der Waals surface area contributed by atoms with Crippen LogP contribution in [0.1, 0.15) is 18.4 Å². The molecule has 122 valence electrons. The lowest BCUT2D eigenvalue weighted by atomic mass is 10.2. The third kappa shape index (κ3) is 4.76. The van der Waals surface area contributed by atoms with Crippen molar-refractivity contribution in [2.75, 3.05) is 26.9 Å². The molecule has 1 aliphatic rings. The van der Waals surface area contributed by atoms with Gasteiger partial charge in [0.05, 0.1) is 18.2 Å². The molecule has 3 N–H and O–H groups in total. The summed E-state index contributed by atoms with van der Waals surface area (Å²) in [7, 11) is 1.52. The zero-order valence-electron chi connectivity index (χ0n) is 12.6. The first kappa shape index (κ1) is 16.9. The Labute approximate surface area is 134 Å². The summed E-state index contributed by atoms with van der Waals surface area (Å²) in [6.07, 6.45) is 2.50. The van der Waals surface area contributed by atoms with Crippen LogP contribution < -0.4 is 20.5 Å². The molecular formula is C15H21ClN2O4. The number of nitrogens with two attached hydrogens (primary N) is 1. The van der Waals surface area contributed by atoms with Gasteiger partial charge in [-0.2, -0.15) is 0 Å². The Morgan fingerprint density at radius 1 is 1.55 bits per heavy atom. The largest absolute Gasteiger partial charge is 0.493 e. The fourth-order valence-electron chi connectivity index (χ4n) is 2.34. The van der Waals surface area contributed by atoms with Crippen molar-refractivity contribution < 1.29 is 19.0 Å². The van der Waals surface area contributed by atoms with Crippen molar-refractivity contribution in [1.29, 1.82) is 0 Å². The highest BCUT2D eigenvalue weighted by atomic mass is 35.5. The monoisotopic (exact) mass is 328 g/mol. The average molecular weight is 329 g/mol. The standard InChI is InChI=1S/C15H21ClN2O4/c1-20-13-6-10(7-18-8-11-3-2-4-21-11)5-12(16)15(13)22-9-14(17)19/h5-6,11,18H,2-4,7-9H2,1H3,(H2,17,19). The van der Waals surface area contributed by atoms with Crippen LogP contribution in [0, 0.1) is 0 Å². The molecule has 1 atom stereocenters. The third-order valence-corrected chi connectivity index (χ3v) is 3.65. The molecule has 1 heterocycles. The summed E-state index contributed by atoms with van der Waals surface area (Å²) in [4.78, 5) is 10.8. The zero-order valence-corrected chi connectivity index (χ0v) is 13.3. The molecule has 1 aromatic carbocycles. The molecule has 0 radical (unpaired) electrons. The molecule has 0 saturated carbocycles. The number of hydrogen-bond acceptors (Lipinski definition) is 5. The van der Waals surface area contributed by atoms with Gasteiger partial charge in [-0.15, -0.1) is 0 Å². The highest BCUT2D eigenvalue weighted by molar-refractivity contribution is 6.32. The van der Waals surface area contributed by atoms with Gasteiger partial charge in [-0.1, -0.05) is 11.6 Å². The van der Waals surface area contributed by atoms with Crippen molar-refractivity contribution in [3.8, 4) is 11.5 Å². The molecule has 1 unspecified atom stereocenters. The average Bonchev–Trinajstić information content (AvgIpc) is 2.98. The van der Waals surface area contributed by atoms with E-state index in [2.05, 4.69) is 5.32 Å². The van der Waals surface area contributed by atoms with Crippen LogP contribution in [-0.4, -0.2) is 38.9 Å². The minimum atomic E-state index is -0.569. The maximum atomic E-state index is 10.8. The zero-order chi connectivity index (χ0) is 15.9. The Hall–Kier alpha value is -1.50. The van der Waals surface area contributed by atoms with E-state index in [1.807, 2.05) is 6.07 Å². The van der Waals surface area contributed by atoms with Crippen LogP contribution in [0.3, 0.4) is 0 Å². The smallest absolute Gasteiger partial charge is 0.255 e. The summed E-state index contributed by atoms with van der Waals surface area (Å²) in [5.41, 5.74) is 6.03. The fraction of sp³-hybridized carbons (Fsp3) is 0.533. The number of rotatable bonds is 8. The van der Waals surface area contributed by atoms with E-state index in [9.17, 15) is 4.79 Å². The van der Waals surface area contributed by atoms with Gasteiger partial charge in [0.15, 0.2) is 18.1 Å². The first-order valence-corrected chi connectivity index (χ1v) is 7.57. The van der Waals surface area contributed by atoms with Crippen molar-refractivity contribution in [1.82, 2.24) is 5.32 Å². The topological polar surface area (TPSA) is 82.8 Å². The molecule has 0 bridgehead atoms. The number of primary amides is 1. The quantitative estimate of drug-likeness (QED) is 0.755. The van der Waals surface area contributed by atoms with Crippen LogP contribution in [0.4, 0.5) is 0 Å². The molecule has 0 aromatic heterocycles. The summed E-state index contributed by atoms with van der Waals surface area (Å²) in [5, 5.41) is 3.72. The second-order valence-corrected chi connectivity index (χ2v) is 5.54. The van der Waals surface area contributed by atoms with E-state index < -0.39 is 5.91 Å². The summed E-state index contributed by atoms with van der Waals surface area (Å²) in [6.45, 7) is 2.05. The van der Waals surface area contributed by atoms with Gasteiger partial charge < -0.3 is 25.3 Å². The Kier molecular flexibility index (Phi) is 6.30. The number of carbonyl (C=O) groups excluding carboxylic acids is 1. The highest BCUT2D eigenvalue weighted by Gasteiger charge is 2.16. The van der Waals surface area contributed by atoms with Crippen molar-refractivity contribution in [2.24, 2.45) is 5.73 Å². The normalized spacial score (nSPS) is 17.5. The van der Waals surface area contributed by atoms with Gasteiger partial charge in [0, 0.05) is 19.7 Å². The van der Waals surface area contributed by atoms with E-state index in [-0.39, 0.29) is 12.7 Å². The number of methoxy groups -OCH3 is 1. The number of ether oxygens (including phenoxy) is 3. The van der Waals surface area contributed by atoms with E-state index in [1.54, 1.807) is 6.07 Å². The Balaban J connectivity index is 1.96. The van der Waals surface area contributed by atoms with Crippen LogP contribution in [0.5, 0.6) is 11.5 Å². The Morgan fingerprint density at radius 2 is 2.36 bits per heavy atom. The van der Waals surface area contributed by atoms with Gasteiger partial charge in [0.2, 0.25) is 0 Å². The van der Waals surface area contributed by atoms with Gasteiger partial charge in [0.25, 0.3) is 5.91 Å². The van der Waals surface area contributed by atoms with Gasteiger partial charge in [-0.25, -0.2) is 0 Å². The molecule has 0 aliphatic carbocycles. The van der Waals surface area contributed by atoms with E-state index in [0.29, 0.717) is 23.1 Å². The van der Waals surface area contributed by atoms with Gasteiger partial charge in [-0.05, 0) is 30.5 Å². The second kappa shape index (κ2) is 8.22. The number of halogens is 1. The number of carbonyl (C=O) groups is 1. The predicted molar refractivity (Wildman–Crippen MR) is 83.4 cm³/mol. The van der Waals surface area contributed by atoms with Crippen LogP contribution in [0.15, 0.2) is 12.1 Å². The number of benzene rings is 1. The van der Waals surface area contributed by atoms with E-state index in [0.717, 1.165) is 31.6 Å². The first-order chi connectivity index (χ1) is 10.6. The van der Waals surface area contributed by atoms with Gasteiger partial charge in [-0.3, -0.25) is 4.79 Å². The molecule has 1 saturated heterocycles. The molecular weight excluding hydrogens is 308 g/mol. The molecule has 1 amide bonds. The van der Waals surface area contributed by atoms with E-state index in [4.69, 9.17) is 31.5 Å². The maximum Gasteiger partial charge on any atom is 0.255 e. The van der Waals surface area contributed by atoms with Crippen molar-refractivity contribution in [3.63, 3.8) is 0 Å². The fourth-order valence-corrected chi connectivity index (χ4v) is 2.63. The maximum absolute atomic E-state index is 10.8. The SMILES string of the molecule is COc1cc(CNCC2CCCO2)cc(Cl)c1OCC(N)=O. The summed E-state index contributed by atoms with van der Waals surface area (Å²) in [6, 6.07) is 3.60. The highest BCUT2D eigenvalue weighted by Crippen LogP contribution is 2.36. The minimum Gasteiger partial charge on any atom is -0.493 e. The first-order valence-electron chi connectivity index (χ1n) is 7.20. The summed E-state index contributed by atoms with van der Waals surface area (Å²) < 4.78 is 16.1. The minimum absolute atomic E-state index is 0.243. The molecule has 1 fully saturated rings. The molecule has 0 spiro atoms. The Morgan fingerprint density at radius 3 is 3.00 bits per heavy atom. The molecule has 1 aliphatic heterocycles. The van der Waals surface area contributed by atoms with Crippen molar-refractivity contribution in [2.45, 2.75) is 25.5 Å². The van der Waals surface area contributed by atoms with E-state index in [1.165, 1.54) is 7.11 Å². The van der Waals surface area contributed by atoms with Crippen LogP contribution in [-0.2, 0) is 16.1 Å². The lowest BCUT2D eigenvalue weighted by Crippen LogP contribution is -2.25. The molecule has 7 heteroatoms. The van der Waals surface area contributed by atoms with Crippen molar-refractivity contribution >= 4 is 17.5 Å². The summed E-state index contributed by atoms with van der Waals surface area (Å²) in [5.74, 6) is 0.230. The molecule has 2 rings (SSSR count). The predicted octanol–water partition coefficient (Wildman–Crippen LogP) is 1.48. The second-order valence-electron chi connectivity index (χ2n) is 5.13. The molecule has 1 aromatic rings. The van der Waals surface area contributed by atoms with Gasteiger partial charge in [0.1, 0.15) is 0 Å². The molecule has 6 nitrogen and oxygen atoms in total. The van der Waals surface area contributed by atoms with Gasteiger partial charge >= 0.3 is 0 Å². The van der Waals surface area contributed by atoms with Crippen LogP contribution in [0.2, 0.25) is 5.02 Å². The number of amides is 1. The lowest BCUT2D eigenvalue weighted by Gasteiger charge is -2.15. The van der Waals surface area contributed by atoms with E-state index >= 15 is 0 Å². The van der Waals surface area contributed by atoms with Crippen molar-refractivity contribution in [3.05, 3.63) is 22.7 Å². The summed E-state index contributed by atoms with van der Waals surface area (Å²) >= 11 is 6.19. The molecule has 22 heavy (non-hydrogen) atoms. The Bertz CT molecular complexity index is 519. The van der Waals surface area contributed by atoms with Crippen LogP contribution >= 0.6 is 11.6 Å². The third-order valence-electron chi connectivity index (χ3n) is 3.37. The number of nitrogens with one attached hydrogen (secondary N) is 1.